The van der Waals surface area contributed by atoms with E-state index in [9.17, 15) is 35.9 Å². The molecule has 0 unspecified atom stereocenters. The average molecular weight is 433 g/mol. The van der Waals surface area contributed by atoms with Crippen LogP contribution in [0.4, 0.5) is 31.3 Å². The number of nitrogens with zero attached hydrogens (tertiary/aromatic N) is 1. The number of likely N-dealkylation sites (N-methyl/N-ethyl adjacent to an activating group) is 1. The van der Waals surface area contributed by atoms with Gasteiger partial charge in [-0.2, -0.15) is 26.3 Å². The summed E-state index contributed by atoms with van der Waals surface area (Å²) in [4.78, 5) is 25.6. The number of amides is 1. The van der Waals surface area contributed by atoms with Crippen molar-refractivity contribution in [2.24, 2.45) is 0 Å². The predicted molar refractivity (Wildman–Crippen MR) is 88.0 cm³/mol. The van der Waals surface area contributed by atoms with E-state index in [2.05, 4.69) is 4.74 Å². The molecule has 0 saturated heterocycles. The van der Waals surface area contributed by atoms with Crippen LogP contribution < -0.4 is 10.6 Å². The number of hydrogen-bond donors (Lipinski definition) is 2. The quantitative estimate of drug-likeness (QED) is 0.434. The average Bonchev–Trinajstić information content (AvgIpc) is 2.87. The summed E-state index contributed by atoms with van der Waals surface area (Å²) >= 11 is 0.591. The summed E-state index contributed by atoms with van der Waals surface area (Å²) in [5.74, 6) is -2.62. The Morgan fingerprint density at radius 2 is 1.71 bits per heavy atom. The second-order valence-corrected chi connectivity index (χ2v) is 7.34. The Morgan fingerprint density at radius 3 is 2.18 bits per heavy atom. The highest BCUT2D eigenvalue weighted by molar-refractivity contribution is 7.16. The van der Waals surface area contributed by atoms with E-state index >= 15 is 0 Å². The Hall–Kier alpha value is -2.02. The molecule has 158 valence electrons. The molecule has 1 amide bonds. The number of anilines is 1. The van der Waals surface area contributed by atoms with E-state index in [1.54, 1.807) is 11.9 Å². The smallest absolute Gasteiger partial charge is 0.439 e. The lowest BCUT2D eigenvalue weighted by atomic mass is 10.0. The van der Waals surface area contributed by atoms with Crippen LogP contribution in [0.5, 0.6) is 0 Å². The summed E-state index contributed by atoms with van der Waals surface area (Å²) in [5, 5.41) is 1.65. The molecule has 2 rings (SSSR count). The van der Waals surface area contributed by atoms with E-state index in [1.165, 1.54) is 5.32 Å². The molecular formula is C15H17F6N3O3S. The second-order valence-electron chi connectivity index (χ2n) is 6.24. The van der Waals surface area contributed by atoms with Gasteiger partial charge in [-0.1, -0.05) is 0 Å². The summed E-state index contributed by atoms with van der Waals surface area (Å²) in [6.07, 6.45) is -11.7. The van der Waals surface area contributed by atoms with Crippen molar-refractivity contribution in [3.8, 4) is 0 Å². The van der Waals surface area contributed by atoms with Gasteiger partial charge in [0.05, 0.1) is 12.7 Å². The maximum atomic E-state index is 13.6. The molecule has 0 fully saturated rings. The van der Waals surface area contributed by atoms with Crippen molar-refractivity contribution in [2.45, 2.75) is 37.9 Å². The highest BCUT2D eigenvalue weighted by atomic mass is 32.1. The van der Waals surface area contributed by atoms with E-state index in [0.29, 0.717) is 35.2 Å². The van der Waals surface area contributed by atoms with Gasteiger partial charge in [0.2, 0.25) is 5.91 Å². The van der Waals surface area contributed by atoms with Crippen LogP contribution in [0, 0.1) is 0 Å². The van der Waals surface area contributed by atoms with Crippen LogP contribution in [-0.4, -0.2) is 55.5 Å². The monoisotopic (exact) mass is 433 g/mol. The minimum absolute atomic E-state index is 0.247. The lowest BCUT2D eigenvalue weighted by Crippen LogP contribution is -2.72. The van der Waals surface area contributed by atoms with Crippen molar-refractivity contribution in [3.63, 3.8) is 0 Å². The van der Waals surface area contributed by atoms with Gasteiger partial charge in [0.25, 0.3) is 0 Å². The van der Waals surface area contributed by atoms with E-state index in [0.717, 1.165) is 12.4 Å². The first kappa shape index (κ1) is 22.3. The zero-order valence-corrected chi connectivity index (χ0v) is 15.8. The van der Waals surface area contributed by atoms with E-state index < -0.39 is 34.9 Å². The van der Waals surface area contributed by atoms with Crippen molar-refractivity contribution < 1.29 is 40.7 Å². The molecule has 1 aromatic heterocycles. The Bertz CT molecular complexity index is 760. The number of carbonyl (C=O) groups is 2. The van der Waals surface area contributed by atoms with Crippen molar-refractivity contribution in [1.29, 1.82) is 0 Å². The Balaban J connectivity index is 2.67. The maximum Gasteiger partial charge on any atom is 0.439 e. The molecule has 0 radical (unpaired) electrons. The Kier molecular flexibility index (Phi) is 5.91. The van der Waals surface area contributed by atoms with Crippen LogP contribution in [0.3, 0.4) is 0 Å². The molecule has 13 heteroatoms. The first-order valence-corrected chi connectivity index (χ1v) is 8.67. The van der Waals surface area contributed by atoms with Crippen molar-refractivity contribution in [1.82, 2.24) is 10.2 Å². The van der Waals surface area contributed by atoms with Gasteiger partial charge in [-0.05, 0) is 19.0 Å². The SMILES string of the molecule is COC(=O)c1c(NC(NC(C)=O)(C(F)(F)F)C(F)(F)F)sc2c1CCN(C)C2. The Morgan fingerprint density at radius 1 is 1.14 bits per heavy atom. The minimum atomic E-state index is -5.95. The van der Waals surface area contributed by atoms with Gasteiger partial charge < -0.3 is 20.3 Å². The number of methoxy groups -OCH3 is 1. The molecule has 0 aromatic carbocycles. The number of halogens is 6. The van der Waals surface area contributed by atoms with E-state index in [-0.39, 0.29) is 18.5 Å². The molecule has 0 spiro atoms. The van der Waals surface area contributed by atoms with E-state index in [1.807, 2.05) is 0 Å². The van der Waals surface area contributed by atoms with Crippen LogP contribution in [0.25, 0.3) is 0 Å². The highest BCUT2D eigenvalue weighted by Crippen LogP contribution is 2.47. The third-order valence-corrected chi connectivity index (χ3v) is 5.28. The molecule has 0 aliphatic carbocycles. The lowest BCUT2D eigenvalue weighted by molar-refractivity contribution is -0.295. The van der Waals surface area contributed by atoms with Crippen molar-refractivity contribution in [2.75, 3.05) is 26.0 Å². The van der Waals surface area contributed by atoms with E-state index in [4.69, 9.17) is 0 Å². The summed E-state index contributed by atoms with van der Waals surface area (Å²) in [5.41, 5.74) is -4.83. The standard InChI is InChI=1S/C15H17F6N3O3S/c1-7(25)22-13(14(16,17)18,15(19,20)21)23-11-10(12(26)27-3)8-4-5-24(2)6-9(8)28-11/h23H,4-6H2,1-3H3,(H,22,25). The van der Waals surface area contributed by atoms with Crippen molar-refractivity contribution in [3.05, 3.63) is 16.0 Å². The second kappa shape index (κ2) is 7.43. The third-order valence-electron chi connectivity index (χ3n) is 4.15. The number of fused-ring (bicyclic) bond motifs is 1. The van der Waals surface area contributed by atoms with Gasteiger partial charge >= 0.3 is 24.0 Å². The number of ether oxygens (including phenoxy) is 1. The third kappa shape index (κ3) is 3.90. The van der Waals surface area contributed by atoms with Gasteiger partial charge in [-0.25, -0.2) is 4.79 Å². The largest absolute Gasteiger partial charge is 0.465 e. The normalized spacial score (nSPS) is 15.8. The fraction of sp³-hybridized carbons (Fsp3) is 0.600. The fourth-order valence-corrected chi connectivity index (χ4v) is 4.22. The van der Waals surface area contributed by atoms with Gasteiger partial charge in [-0.3, -0.25) is 4.79 Å². The molecular weight excluding hydrogens is 416 g/mol. The van der Waals surface area contributed by atoms with Gasteiger partial charge in [0.15, 0.2) is 0 Å². The number of esters is 1. The van der Waals surface area contributed by atoms with Gasteiger partial charge in [-0.15, -0.1) is 11.3 Å². The molecule has 6 nitrogen and oxygen atoms in total. The van der Waals surface area contributed by atoms with Gasteiger partial charge in [0.1, 0.15) is 5.00 Å². The zero-order valence-electron chi connectivity index (χ0n) is 15.0. The summed E-state index contributed by atoms with van der Waals surface area (Å²) in [7, 11) is 2.69. The molecule has 2 N–H and O–H groups in total. The number of nitrogens with one attached hydrogen (secondary N) is 2. The minimum Gasteiger partial charge on any atom is -0.465 e. The number of carbonyl (C=O) groups excluding carboxylic acids is 2. The highest BCUT2D eigenvalue weighted by Gasteiger charge is 2.72. The van der Waals surface area contributed by atoms with Gasteiger partial charge in [0, 0.05) is 24.9 Å². The molecule has 0 bridgehead atoms. The summed E-state index contributed by atoms with van der Waals surface area (Å²) < 4.78 is 85.9. The topological polar surface area (TPSA) is 70.7 Å². The molecule has 28 heavy (non-hydrogen) atoms. The molecule has 1 aromatic rings. The van der Waals surface area contributed by atoms with Crippen LogP contribution in [0.2, 0.25) is 0 Å². The maximum absolute atomic E-state index is 13.6. The predicted octanol–water partition coefficient (Wildman–Crippen LogP) is 2.89. The molecule has 2 heterocycles. The number of rotatable bonds is 4. The number of thiophene rings is 1. The first-order chi connectivity index (χ1) is 12.7. The fourth-order valence-electron chi connectivity index (χ4n) is 2.85. The number of alkyl halides is 6. The number of hydrogen-bond acceptors (Lipinski definition) is 6. The van der Waals surface area contributed by atoms with Crippen molar-refractivity contribution >= 4 is 28.2 Å². The summed E-state index contributed by atoms with van der Waals surface area (Å²) in [6.45, 7) is 1.24. The Labute approximate surface area is 159 Å². The molecule has 1 aliphatic rings. The first-order valence-electron chi connectivity index (χ1n) is 7.85. The van der Waals surface area contributed by atoms with Crippen LogP contribution >= 0.6 is 11.3 Å². The molecule has 0 saturated carbocycles. The van der Waals surface area contributed by atoms with Crippen LogP contribution in [0.15, 0.2) is 0 Å². The summed E-state index contributed by atoms with van der Waals surface area (Å²) in [6, 6.07) is 0. The lowest BCUT2D eigenvalue weighted by Gasteiger charge is -2.38. The van der Waals surface area contributed by atoms with Crippen LogP contribution in [-0.2, 0) is 22.5 Å². The molecule has 0 atom stereocenters. The zero-order chi connectivity index (χ0) is 21.5. The van der Waals surface area contributed by atoms with Crippen LogP contribution in [0.1, 0.15) is 27.7 Å². The molecule has 1 aliphatic heterocycles.